The fraction of sp³-hybridized carbons (Fsp3) is 0.250. The van der Waals surface area contributed by atoms with Gasteiger partial charge in [0.2, 0.25) is 0 Å². The number of benzene rings is 4. The lowest BCUT2D eigenvalue weighted by Crippen LogP contribution is -2.55. The van der Waals surface area contributed by atoms with Gasteiger partial charge < -0.3 is 14.8 Å². The molecule has 2 saturated heterocycles. The van der Waals surface area contributed by atoms with Crippen LogP contribution in [-0.4, -0.2) is 48.2 Å². The standard InChI is InChI=1S/C22H21NO.C9H11NO.CH3I/c1-4-10-18(11-5-1)22(19-12-6-2-7-13-19)23-16-21(17-23)24-20-14-8-3-9-15-20;1-2-4-8(5-3-1)11-9-6-10-7-9;1-2/h1-15,21-22H,16-17H2;1-5,9-10H,6-7H2;1H3. The first kappa shape index (κ1) is 27.2. The maximum atomic E-state index is 6.06. The molecule has 5 heteroatoms. The Kier molecular flexibility index (Phi) is 10.8. The minimum absolute atomic E-state index is 0.266. The highest BCUT2D eigenvalue weighted by molar-refractivity contribution is 14.1. The average molecular weight is 607 g/mol. The Labute approximate surface area is 234 Å². The molecule has 0 amide bonds. The second-order valence-electron chi connectivity index (χ2n) is 8.94. The lowest BCUT2D eigenvalue weighted by atomic mass is 9.94. The Morgan fingerprint density at radius 1 is 0.595 bits per heavy atom. The normalized spacial score (nSPS) is 15.2. The zero-order chi connectivity index (χ0) is 25.7. The van der Waals surface area contributed by atoms with Crippen LogP contribution in [0.4, 0.5) is 0 Å². The van der Waals surface area contributed by atoms with E-state index in [1.807, 2.05) is 65.6 Å². The van der Waals surface area contributed by atoms with E-state index in [4.69, 9.17) is 9.47 Å². The smallest absolute Gasteiger partial charge is 0.124 e. The summed E-state index contributed by atoms with van der Waals surface area (Å²) < 4.78 is 11.6. The van der Waals surface area contributed by atoms with Gasteiger partial charge in [0.15, 0.2) is 0 Å². The average Bonchev–Trinajstić information content (AvgIpc) is 2.93. The van der Waals surface area contributed by atoms with Gasteiger partial charge in [0.1, 0.15) is 23.7 Å². The van der Waals surface area contributed by atoms with Crippen LogP contribution in [0.15, 0.2) is 121 Å². The topological polar surface area (TPSA) is 33.7 Å². The molecule has 0 aliphatic carbocycles. The number of nitrogens with zero attached hydrogens (tertiary/aromatic N) is 1. The Bertz CT molecular complexity index is 1100. The van der Waals surface area contributed by atoms with Crippen LogP contribution < -0.4 is 14.8 Å². The molecule has 2 heterocycles. The molecule has 2 aliphatic heterocycles. The first-order valence-electron chi connectivity index (χ1n) is 12.7. The number of nitrogens with one attached hydrogen (secondary N) is 1. The molecule has 0 aromatic heterocycles. The summed E-state index contributed by atoms with van der Waals surface area (Å²) in [6.45, 7) is 3.86. The van der Waals surface area contributed by atoms with Gasteiger partial charge in [-0.1, -0.05) is 120 Å². The van der Waals surface area contributed by atoms with Crippen molar-refractivity contribution < 1.29 is 9.47 Å². The molecular formula is C32H35IN2O2. The number of halogens is 1. The number of para-hydroxylation sites is 2. The van der Waals surface area contributed by atoms with Crippen molar-refractivity contribution in [3.8, 4) is 11.5 Å². The second kappa shape index (κ2) is 14.8. The molecule has 4 aromatic rings. The highest BCUT2D eigenvalue weighted by atomic mass is 127. The molecule has 1 N–H and O–H groups in total. The highest BCUT2D eigenvalue weighted by Crippen LogP contribution is 2.33. The molecular weight excluding hydrogens is 571 g/mol. The molecule has 0 unspecified atom stereocenters. The van der Waals surface area contributed by atoms with Crippen LogP contribution in [0.25, 0.3) is 0 Å². The van der Waals surface area contributed by atoms with E-state index in [0.29, 0.717) is 12.1 Å². The Morgan fingerprint density at radius 2 is 0.973 bits per heavy atom. The first-order chi connectivity index (χ1) is 18.3. The highest BCUT2D eigenvalue weighted by Gasteiger charge is 2.35. The van der Waals surface area contributed by atoms with Crippen molar-refractivity contribution in [2.24, 2.45) is 0 Å². The Morgan fingerprint density at radius 3 is 1.35 bits per heavy atom. The van der Waals surface area contributed by atoms with Gasteiger partial charge in [-0.25, -0.2) is 0 Å². The summed E-state index contributed by atoms with van der Waals surface area (Å²) in [7, 11) is 0. The molecule has 0 atom stereocenters. The summed E-state index contributed by atoms with van der Waals surface area (Å²) in [5.74, 6) is 1.93. The third-order valence-electron chi connectivity index (χ3n) is 6.31. The predicted molar refractivity (Wildman–Crippen MR) is 161 cm³/mol. The number of rotatable bonds is 7. The number of hydrogen-bond acceptors (Lipinski definition) is 4. The number of likely N-dealkylation sites (tertiary alicyclic amines) is 1. The number of hydrogen-bond donors (Lipinski definition) is 1. The van der Waals surface area contributed by atoms with E-state index < -0.39 is 0 Å². The van der Waals surface area contributed by atoms with Crippen LogP contribution in [0.5, 0.6) is 11.5 Å². The molecule has 2 fully saturated rings. The van der Waals surface area contributed by atoms with E-state index in [1.165, 1.54) is 11.1 Å². The van der Waals surface area contributed by atoms with Crippen LogP contribution in [0.1, 0.15) is 17.2 Å². The van der Waals surface area contributed by atoms with Crippen molar-refractivity contribution >= 4 is 22.6 Å². The molecule has 37 heavy (non-hydrogen) atoms. The number of ether oxygens (including phenoxy) is 2. The van der Waals surface area contributed by atoms with Crippen LogP contribution >= 0.6 is 22.6 Å². The van der Waals surface area contributed by atoms with E-state index in [-0.39, 0.29) is 6.10 Å². The Hall–Kier alpha value is -2.87. The molecule has 0 radical (unpaired) electrons. The molecule has 6 rings (SSSR count). The minimum Gasteiger partial charge on any atom is -0.488 e. The predicted octanol–water partition coefficient (Wildman–Crippen LogP) is 6.63. The molecule has 4 nitrogen and oxygen atoms in total. The van der Waals surface area contributed by atoms with E-state index >= 15 is 0 Å². The lowest BCUT2D eigenvalue weighted by Gasteiger charge is -2.44. The minimum atomic E-state index is 0.266. The van der Waals surface area contributed by atoms with Gasteiger partial charge in [-0.15, -0.1) is 0 Å². The summed E-state index contributed by atoms with van der Waals surface area (Å²) in [4.78, 5) is 4.45. The first-order valence-corrected chi connectivity index (χ1v) is 14.9. The van der Waals surface area contributed by atoms with E-state index in [9.17, 15) is 0 Å². The Balaban J connectivity index is 0.000000205. The van der Waals surface area contributed by atoms with Gasteiger partial charge in [0.05, 0.1) is 6.04 Å². The van der Waals surface area contributed by atoms with Crippen molar-refractivity contribution in [2.45, 2.75) is 18.2 Å². The maximum absolute atomic E-state index is 6.06. The quantitative estimate of drug-likeness (QED) is 0.189. The fourth-order valence-electron chi connectivity index (χ4n) is 4.37. The summed E-state index contributed by atoms with van der Waals surface area (Å²) >= 11 is 2.15. The lowest BCUT2D eigenvalue weighted by molar-refractivity contribution is 0.000291. The van der Waals surface area contributed by atoms with Crippen LogP contribution in [0.2, 0.25) is 0 Å². The molecule has 2 aliphatic rings. The van der Waals surface area contributed by atoms with Crippen molar-refractivity contribution in [3.63, 3.8) is 0 Å². The van der Waals surface area contributed by atoms with E-state index in [0.717, 1.165) is 37.7 Å². The van der Waals surface area contributed by atoms with Crippen LogP contribution in [0.3, 0.4) is 0 Å². The maximum Gasteiger partial charge on any atom is 0.124 e. The second-order valence-corrected chi connectivity index (χ2v) is 8.94. The summed E-state index contributed by atoms with van der Waals surface area (Å²) in [5, 5.41) is 3.16. The van der Waals surface area contributed by atoms with Crippen molar-refractivity contribution in [3.05, 3.63) is 132 Å². The third-order valence-corrected chi connectivity index (χ3v) is 6.31. The molecule has 4 aromatic carbocycles. The van der Waals surface area contributed by atoms with Gasteiger partial charge >= 0.3 is 0 Å². The summed E-state index contributed by atoms with van der Waals surface area (Å²) in [6, 6.07) is 41.8. The van der Waals surface area contributed by atoms with Crippen LogP contribution in [-0.2, 0) is 0 Å². The third kappa shape index (κ3) is 8.06. The van der Waals surface area contributed by atoms with Crippen molar-refractivity contribution in [1.82, 2.24) is 10.2 Å². The summed E-state index contributed by atoms with van der Waals surface area (Å²) in [5.41, 5.74) is 2.67. The number of alkyl halides is 1. The van der Waals surface area contributed by atoms with E-state index in [1.54, 1.807) is 0 Å². The van der Waals surface area contributed by atoms with Gasteiger partial charge in [-0.3, -0.25) is 4.90 Å². The van der Waals surface area contributed by atoms with Gasteiger partial charge in [0, 0.05) is 26.2 Å². The fourth-order valence-corrected chi connectivity index (χ4v) is 4.37. The van der Waals surface area contributed by atoms with Gasteiger partial charge in [-0.2, -0.15) is 0 Å². The SMILES string of the molecule is CI.c1ccc(OC2CN(C(c3ccccc3)c3ccccc3)C2)cc1.c1ccc(OC2CNC2)cc1. The molecule has 0 spiro atoms. The summed E-state index contributed by atoms with van der Waals surface area (Å²) in [6.07, 6.45) is 0.653. The zero-order valence-corrected chi connectivity index (χ0v) is 23.4. The zero-order valence-electron chi connectivity index (χ0n) is 21.2. The molecule has 0 bridgehead atoms. The van der Waals surface area contributed by atoms with Gasteiger partial charge in [0.25, 0.3) is 0 Å². The van der Waals surface area contributed by atoms with Crippen molar-refractivity contribution in [2.75, 3.05) is 31.1 Å². The largest absolute Gasteiger partial charge is 0.488 e. The van der Waals surface area contributed by atoms with Gasteiger partial charge in [-0.05, 0) is 40.3 Å². The van der Waals surface area contributed by atoms with Crippen molar-refractivity contribution in [1.29, 1.82) is 0 Å². The molecule has 0 saturated carbocycles. The van der Waals surface area contributed by atoms with E-state index in [2.05, 4.69) is 93.5 Å². The monoisotopic (exact) mass is 606 g/mol. The van der Waals surface area contributed by atoms with Crippen LogP contribution in [0, 0.1) is 0 Å². The molecule has 192 valence electrons.